The monoisotopic (exact) mass is 236 g/mol. The molecule has 1 aromatic carbocycles. The van der Waals surface area contributed by atoms with Crippen molar-refractivity contribution in [1.29, 1.82) is 0 Å². The van der Waals surface area contributed by atoms with Crippen molar-refractivity contribution in [1.82, 2.24) is 4.90 Å². The molecule has 0 saturated carbocycles. The third-order valence-corrected chi connectivity index (χ3v) is 2.61. The van der Waals surface area contributed by atoms with Crippen molar-refractivity contribution < 1.29 is 4.74 Å². The quantitative estimate of drug-likeness (QED) is 0.705. The Kier molecular flexibility index (Phi) is 6.48. The number of nitrogen functional groups attached to an aromatic ring is 1. The van der Waals surface area contributed by atoms with Crippen LogP contribution in [0.25, 0.3) is 0 Å². The van der Waals surface area contributed by atoms with Crippen LogP contribution in [0.2, 0.25) is 0 Å². The second-order valence-corrected chi connectivity index (χ2v) is 4.26. The van der Waals surface area contributed by atoms with Crippen LogP contribution >= 0.6 is 0 Å². The standard InChI is InChI=1S/C14H24N2O/c1-3-8-16(9-4-2)10-11-17-14-7-5-6-13(15)12-14/h5-7,12H,3-4,8-11,15H2,1-2H3. The molecule has 0 unspecified atom stereocenters. The van der Waals surface area contributed by atoms with E-state index >= 15 is 0 Å². The van der Waals surface area contributed by atoms with Crippen LogP contribution in [0.1, 0.15) is 26.7 Å². The summed E-state index contributed by atoms with van der Waals surface area (Å²) in [7, 11) is 0. The van der Waals surface area contributed by atoms with E-state index in [0.29, 0.717) is 0 Å². The molecule has 17 heavy (non-hydrogen) atoms. The summed E-state index contributed by atoms with van der Waals surface area (Å²) in [5, 5.41) is 0. The van der Waals surface area contributed by atoms with E-state index in [1.165, 1.54) is 12.8 Å². The summed E-state index contributed by atoms with van der Waals surface area (Å²) in [6.07, 6.45) is 2.39. The number of hydrogen-bond acceptors (Lipinski definition) is 3. The molecule has 0 bridgehead atoms. The minimum Gasteiger partial charge on any atom is -0.492 e. The van der Waals surface area contributed by atoms with E-state index in [1.54, 1.807) is 0 Å². The summed E-state index contributed by atoms with van der Waals surface area (Å²) in [6, 6.07) is 7.60. The molecular weight excluding hydrogens is 212 g/mol. The molecule has 0 heterocycles. The first-order chi connectivity index (χ1) is 8.26. The number of nitrogens with zero attached hydrogens (tertiary/aromatic N) is 1. The molecule has 0 radical (unpaired) electrons. The van der Waals surface area contributed by atoms with Gasteiger partial charge in [-0.1, -0.05) is 19.9 Å². The maximum Gasteiger partial charge on any atom is 0.121 e. The summed E-state index contributed by atoms with van der Waals surface area (Å²) < 4.78 is 5.69. The Morgan fingerprint density at radius 2 is 1.82 bits per heavy atom. The van der Waals surface area contributed by atoms with Crippen LogP contribution in [-0.4, -0.2) is 31.1 Å². The lowest BCUT2D eigenvalue weighted by atomic mass is 10.3. The number of nitrogens with two attached hydrogens (primary N) is 1. The lowest BCUT2D eigenvalue weighted by molar-refractivity contribution is 0.209. The maximum atomic E-state index is 5.70. The Morgan fingerprint density at radius 3 is 2.41 bits per heavy atom. The first-order valence-corrected chi connectivity index (χ1v) is 6.47. The molecule has 0 saturated heterocycles. The van der Waals surface area contributed by atoms with Gasteiger partial charge in [0.15, 0.2) is 0 Å². The largest absolute Gasteiger partial charge is 0.492 e. The van der Waals surface area contributed by atoms with Gasteiger partial charge in [0.1, 0.15) is 12.4 Å². The van der Waals surface area contributed by atoms with Gasteiger partial charge in [-0.2, -0.15) is 0 Å². The molecule has 1 aromatic rings. The van der Waals surface area contributed by atoms with Gasteiger partial charge in [-0.25, -0.2) is 0 Å². The average Bonchev–Trinajstić information content (AvgIpc) is 2.30. The smallest absolute Gasteiger partial charge is 0.121 e. The van der Waals surface area contributed by atoms with Crippen molar-refractivity contribution in [2.24, 2.45) is 0 Å². The van der Waals surface area contributed by atoms with Crippen LogP contribution in [-0.2, 0) is 0 Å². The fourth-order valence-electron chi connectivity index (χ4n) is 1.86. The van der Waals surface area contributed by atoms with E-state index in [9.17, 15) is 0 Å². The average molecular weight is 236 g/mol. The fraction of sp³-hybridized carbons (Fsp3) is 0.571. The topological polar surface area (TPSA) is 38.5 Å². The zero-order valence-corrected chi connectivity index (χ0v) is 11.0. The summed E-state index contributed by atoms with van der Waals surface area (Å²) >= 11 is 0. The van der Waals surface area contributed by atoms with Crippen molar-refractivity contribution in [3.05, 3.63) is 24.3 Å². The minimum atomic E-state index is 0.726. The number of benzene rings is 1. The predicted molar refractivity (Wildman–Crippen MR) is 73.4 cm³/mol. The highest BCUT2D eigenvalue weighted by Gasteiger charge is 2.02. The number of anilines is 1. The van der Waals surface area contributed by atoms with Gasteiger partial charge in [-0.15, -0.1) is 0 Å². The van der Waals surface area contributed by atoms with Gasteiger partial charge >= 0.3 is 0 Å². The van der Waals surface area contributed by atoms with Gasteiger partial charge < -0.3 is 10.5 Å². The first-order valence-electron chi connectivity index (χ1n) is 6.47. The van der Waals surface area contributed by atoms with Gasteiger partial charge in [0.2, 0.25) is 0 Å². The molecular formula is C14H24N2O. The number of hydrogen-bond donors (Lipinski definition) is 1. The van der Waals surface area contributed by atoms with Gasteiger partial charge in [-0.3, -0.25) is 4.90 Å². The SMILES string of the molecule is CCCN(CCC)CCOc1cccc(N)c1. The van der Waals surface area contributed by atoms with E-state index in [4.69, 9.17) is 10.5 Å². The van der Waals surface area contributed by atoms with Crippen molar-refractivity contribution in [2.45, 2.75) is 26.7 Å². The highest BCUT2D eigenvalue weighted by Crippen LogP contribution is 2.14. The van der Waals surface area contributed by atoms with Crippen molar-refractivity contribution in [2.75, 3.05) is 32.0 Å². The van der Waals surface area contributed by atoms with E-state index < -0.39 is 0 Å². The van der Waals surface area contributed by atoms with Gasteiger partial charge in [0, 0.05) is 18.3 Å². The molecule has 0 fully saturated rings. The highest BCUT2D eigenvalue weighted by atomic mass is 16.5. The lowest BCUT2D eigenvalue weighted by Crippen LogP contribution is -2.30. The normalized spacial score (nSPS) is 10.8. The fourth-order valence-corrected chi connectivity index (χ4v) is 1.86. The van der Waals surface area contributed by atoms with Crippen molar-refractivity contribution in [3.63, 3.8) is 0 Å². The number of ether oxygens (including phenoxy) is 1. The Bertz CT molecular complexity index is 309. The molecule has 0 atom stereocenters. The zero-order valence-electron chi connectivity index (χ0n) is 11.0. The molecule has 1 rings (SSSR count). The minimum absolute atomic E-state index is 0.726. The van der Waals surface area contributed by atoms with Crippen molar-refractivity contribution in [3.8, 4) is 5.75 Å². The first kappa shape index (κ1) is 13.8. The second-order valence-electron chi connectivity index (χ2n) is 4.26. The molecule has 0 spiro atoms. The Labute approximate surface area is 105 Å². The Morgan fingerprint density at radius 1 is 1.12 bits per heavy atom. The molecule has 0 amide bonds. The molecule has 96 valence electrons. The van der Waals surface area contributed by atoms with E-state index in [-0.39, 0.29) is 0 Å². The molecule has 2 N–H and O–H groups in total. The van der Waals surface area contributed by atoms with Gasteiger partial charge in [0.25, 0.3) is 0 Å². The van der Waals surface area contributed by atoms with Crippen LogP contribution in [0.15, 0.2) is 24.3 Å². The van der Waals surface area contributed by atoms with Crippen LogP contribution in [0.5, 0.6) is 5.75 Å². The second kappa shape index (κ2) is 7.96. The number of rotatable bonds is 8. The molecule has 3 heteroatoms. The van der Waals surface area contributed by atoms with Crippen LogP contribution in [0, 0.1) is 0 Å². The molecule has 0 aromatic heterocycles. The van der Waals surface area contributed by atoms with Crippen LogP contribution in [0.4, 0.5) is 5.69 Å². The summed E-state index contributed by atoms with van der Waals surface area (Å²) in [5.74, 6) is 0.859. The van der Waals surface area contributed by atoms with E-state index in [1.807, 2.05) is 24.3 Å². The Balaban J connectivity index is 2.30. The Hall–Kier alpha value is -1.22. The summed E-state index contributed by atoms with van der Waals surface area (Å²) in [6.45, 7) is 8.42. The molecule has 0 aliphatic rings. The summed E-state index contributed by atoms with van der Waals surface area (Å²) in [5.41, 5.74) is 6.45. The maximum absolute atomic E-state index is 5.70. The zero-order chi connectivity index (χ0) is 12.5. The van der Waals surface area contributed by atoms with E-state index in [2.05, 4.69) is 18.7 Å². The third-order valence-electron chi connectivity index (χ3n) is 2.61. The highest BCUT2D eigenvalue weighted by molar-refractivity contribution is 5.43. The summed E-state index contributed by atoms with van der Waals surface area (Å²) in [4.78, 5) is 2.44. The van der Waals surface area contributed by atoms with Crippen LogP contribution in [0.3, 0.4) is 0 Å². The van der Waals surface area contributed by atoms with Crippen molar-refractivity contribution >= 4 is 5.69 Å². The van der Waals surface area contributed by atoms with Gasteiger partial charge in [-0.05, 0) is 38.1 Å². The van der Waals surface area contributed by atoms with Gasteiger partial charge in [0.05, 0.1) is 0 Å². The molecule has 0 aliphatic heterocycles. The van der Waals surface area contributed by atoms with Crippen LogP contribution < -0.4 is 10.5 Å². The third kappa shape index (κ3) is 5.59. The molecule has 3 nitrogen and oxygen atoms in total. The van der Waals surface area contributed by atoms with E-state index in [0.717, 1.165) is 37.7 Å². The predicted octanol–water partition coefficient (Wildman–Crippen LogP) is 2.77. The molecule has 0 aliphatic carbocycles. The lowest BCUT2D eigenvalue weighted by Gasteiger charge is -2.20.